The molecule has 1 aromatic heterocycles. The van der Waals surface area contributed by atoms with Crippen LogP contribution in [0.2, 0.25) is 0 Å². The summed E-state index contributed by atoms with van der Waals surface area (Å²) in [5.74, 6) is 0.521. The van der Waals surface area contributed by atoms with Crippen LogP contribution in [0.25, 0.3) is 5.69 Å². The van der Waals surface area contributed by atoms with Crippen molar-refractivity contribution in [2.45, 2.75) is 26.8 Å². The van der Waals surface area contributed by atoms with E-state index >= 15 is 0 Å². The number of aromatic nitrogens is 3. The predicted octanol–water partition coefficient (Wildman–Crippen LogP) is 3.38. The van der Waals surface area contributed by atoms with Crippen LogP contribution in [0, 0.1) is 13.8 Å². The van der Waals surface area contributed by atoms with Crippen molar-refractivity contribution in [2.24, 2.45) is 0 Å². The third-order valence-electron chi connectivity index (χ3n) is 4.16. The third kappa shape index (κ3) is 3.91. The average Bonchev–Trinajstić information content (AvgIpc) is 3.11. The van der Waals surface area contributed by atoms with Crippen LogP contribution in [0.5, 0.6) is 5.75 Å². The lowest BCUT2D eigenvalue weighted by atomic mass is 10.1. The number of carbonyl (C=O) groups is 1. The van der Waals surface area contributed by atoms with Crippen LogP contribution in [0.15, 0.2) is 48.7 Å². The van der Waals surface area contributed by atoms with Gasteiger partial charge in [0.2, 0.25) is 0 Å². The molecule has 26 heavy (non-hydrogen) atoms. The molecule has 2 aromatic carbocycles. The van der Waals surface area contributed by atoms with Crippen LogP contribution in [-0.2, 0) is 0 Å². The van der Waals surface area contributed by atoms with E-state index in [1.54, 1.807) is 18.0 Å². The number of nitrogens with one attached hydrogen (secondary N) is 1. The fraction of sp³-hybridized carbons (Fsp3) is 0.250. The Morgan fingerprint density at radius 2 is 1.77 bits per heavy atom. The molecule has 0 saturated carbocycles. The van der Waals surface area contributed by atoms with Gasteiger partial charge in [0.25, 0.3) is 5.91 Å². The normalized spacial score (nSPS) is 11.8. The number of aryl methyl sites for hydroxylation is 2. The molecule has 0 aliphatic rings. The number of hydrogen-bond donors (Lipinski definition) is 1. The molecular formula is C20H22N4O2. The zero-order chi connectivity index (χ0) is 18.7. The summed E-state index contributed by atoms with van der Waals surface area (Å²) in [4.78, 5) is 12.5. The summed E-state index contributed by atoms with van der Waals surface area (Å²) in [7, 11) is 1.62. The second kappa shape index (κ2) is 7.39. The molecule has 1 atom stereocenters. The van der Waals surface area contributed by atoms with Gasteiger partial charge in [0.1, 0.15) is 5.75 Å². The molecule has 0 aliphatic heterocycles. The van der Waals surface area contributed by atoms with Gasteiger partial charge in [-0.1, -0.05) is 23.4 Å². The van der Waals surface area contributed by atoms with E-state index in [4.69, 9.17) is 4.74 Å². The maximum atomic E-state index is 12.5. The largest absolute Gasteiger partial charge is 0.497 e. The molecule has 1 N–H and O–H groups in total. The minimum absolute atomic E-state index is 0.153. The number of benzene rings is 2. The Labute approximate surface area is 152 Å². The van der Waals surface area contributed by atoms with Crippen LogP contribution in [0.1, 0.15) is 40.1 Å². The summed E-state index contributed by atoms with van der Waals surface area (Å²) < 4.78 is 6.77. The Bertz CT molecular complexity index is 896. The number of rotatable bonds is 5. The van der Waals surface area contributed by atoms with E-state index in [2.05, 4.69) is 21.7 Å². The zero-order valence-corrected chi connectivity index (χ0v) is 15.4. The smallest absolute Gasteiger partial charge is 0.273 e. The van der Waals surface area contributed by atoms with Crippen LogP contribution < -0.4 is 10.1 Å². The minimum atomic E-state index is -0.260. The standard InChI is InChI=1S/C20H22N4O2/c1-13-9-14(2)11-17(10-13)24-12-19(22-23-24)20(25)21-15(3)16-5-7-18(26-4)8-6-16/h5-12,15H,1-4H3,(H,21,25). The number of hydrogen-bond acceptors (Lipinski definition) is 4. The lowest BCUT2D eigenvalue weighted by molar-refractivity contribution is 0.0935. The molecule has 3 rings (SSSR count). The Kier molecular flexibility index (Phi) is 5.02. The van der Waals surface area contributed by atoms with Gasteiger partial charge in [-0.25, -0.2) is 4.68 Å². The number of nitrogens with zero attached hydrogens (tertiary/aromatic N) is 3. The van der Waals surface area contributed by atoms with Crippen LogP contribution in [-0.4, -0.2) is 28.0 Å². The van der Waals surface area contributed by atoms with Crippen molar-refractivity contribution in [1.29, 1.82) is 0 Å². The molecule has 6 heteroatoms. The summed E-state index contributed by atoms with van der Waals surface area (Å²) in [6.07, 6.45) is 1.64. The maximum absolute atomic E-state index is 12.5. The highest BCUT2D eigenvalue weighted by Crippen LogP contribution is 2.18. The summed E-state index contributed by atoms with van der Waals surface area (Å²) >= 11 is 0. The van der Waals surface area contributed by atoms with Crippen molar-refractivity contribution < 1.29 is 9.53 Å². The summed E-state index contributed by atoms with van der Waals surface area (Å²) in [5, 5.41) is 11.0. The quantitative estimate of drug-likeness (QED) is 0.766. The summed E-state index contributed by atoms with van der Waals surface area (Å²) in [6, 6.07) is 13.5. The maximum Gasteiger partial charge on any atom is 0.273 e. The van der Waals surface area contributed by atoms with Crippen LogP contribution >= 0.6 is 0 Å². The first-order chi connectivity index (χ1) is 12.5. The van der Waals surface area contributed by atoms with E-state index in [-0.39, 0.29) is 17.6 Å². The SMILES string of the molecule is COc1ccc(C(C)NC(=O)c2cn(-c3cc(C)cc(C)c3)nn2)cc1. The van der Waals surface area contributed by atoms with Crippen molar-refractivity contribution in [3.8, 4) is 11.4 Å². The second-order valence-electron chi connectivity index (χ2n) is 6.36. The summed E-state index contributed by atoms with van der Waals surface area (Å²) in [6.45, 7) is 5.98. The molecule has 3 aromatic rings. The number of methoxy groups -OCH3 is 1. The number of amides is 1. The van der Waals surface area contributed by atoms with E-state index in [0.29, 0.717) is 0 Å². The molecule has 0 aliphatic carbocycles. The number of carbonyl (C=O) groups excluding carboxylic acids is 1. The van der Waals surface area contributed by atoms with E-state index in [1.807, 2.05) is 57.2 Å². The molecule has 0 fully saturated rings. The van der Waals surface area contributed by atoms with Crippen molar-refractivity contribution in [1.82, 2.24) is 20.3 Å². The topological polar surface area (TPSA) is 69.0 Å². The second-order valence-corrected chi connectivity index (χ2v) is 6.36. The lowest BCUT2D eigenvalue weighted by Crippen LogP contribution is -2.26. The molecule has 134 valence electrons. The van der Waals surface area contributed by atoms with Crippen molar-refractivity contribution in [2.75, 3.05) is 7.11 Å². The molecule has 6 nitrogen and oxygen atoms in total. The Hall–Kier alpha value is -3.15. The molecule has 0 spiro atoms. The first kappa shape index (κ1) is 17.7. The fourth-order valence-electron chi connectivity index (χ4n) is 2.82. The van der Waals surface area contributed by atoms with Crippen molar-refractivity contribution >= 4 is 5.91 Å². The van der Waals surface area contributed by atoms with E-state index in [1.165, 1.54) is 0 Å². The highest BCUT2D eigenvalue weighted by molar-refractivity contribution is 5.92. The molecular weight excluding hydrogens is 328 g/mol. The van der Waals surface area contributed by atoms with Gasteiger partial charge >= 0.3 is 0 Å². The van der Waals surface area contributed by atoms with Gasteiger partial charge in [-0.05, 0) is 61.7 Å². The Morgan fingerprint density at radius 3 is 2.38 bits per heavy atom. The zero-order valence-electron chi connectivity index (χ0n) is 15.4. The summed E-state index contributed by atoms with van der Waals surface area (Å²) in [5.41, 5.74) is 4.42. The molecule has 0 bridgehead atoms. The number of ether oxygens (including phenoxy) is 1. The molecule has 0 radical (unpaired) electrons. The van der Waals surface area contributed by atoms with Gasteiger partial charge in [0.15, 0.2) is 5.69 Å². The van der Waals surface area contributed by atoms with E-state index < -0.39 is 0 Å². The monoisotopic (exact) mass is 350 g/mol. The van der Waals surface area contributed by atoms with Gasteiger partial charge in [-0.2, -0.15) is 0 Å². The Morgan fingerprint density at radius 1 is 1.12 bits per heavy atom. The van der Waals surface area contributed by atoms with Gasteiger partial charge in [0, 0.05) is 0 Å². The lowest BCUT2D eigenvalue weighted by Gasteiger charge is -2.13. The van der Waals surface area contributed by atoms with Crippen molar-refractivity contribution in [3.63, 3.8) is 0 Å². The first-order valence-electron chi connectivity index (χ1n) is 8.42. The predicted molar refractivity (Wildman–Crippen MR) is 99.7 cm³/mol. The van der Waals surface area contributed by atoms with Gasteiger partial charge < -0.3 is 10.1 Å². The van der Waals surface area contributed by atoms with E-state index in [9.17, 15) is 4.79 Å². The molecule has 1 unspecified atom stereocenters. The molecule has 0 saturated heterocycles. The van der Waals surface area contributed by atoms with E-state index in [0.717, 1.165) is 28.1 Å². The highest BCUT2D eigenvalue weighted by atomic mass is 16.5. The Balaban J connectivity index is 1.73. The average molecular weight is 350 g/mol. The van der Waals surface area contributed by atoms with Gasteiger partial charge in [-0.3, -0.25) is 4.79 Å². The minimum Gasteiger partial charge on any atom is -0.497 e. The fourth-order valence-corrected chi connectivity index (χ4v) is 2.82. The highest BCUT2D eigenvalue weighted by Gasteiger charge is 2.15. The van der Waals surface area contributed by atoms with Crippen LogP contribution in [0.4, 0.5) is 0 Å². The molecule has 1 heterocycles. The van der Waals surface area contributed by atoms with Crippen molar-refractivity contribution in [3.05, 3.63) is 71.0 Å². The third-order valence-corrected chi connectivity index (χ3v) is 4.16. The van der Waals surface area contributed by atoms with Crippen LogP contribution in [0.3, 0.4) is 0 Å². The van der Waals surface area contributed by atoms with Gasteiger partial charge in [0.05, 0.1) is 25.0 Å². The first-order valence-corrected chi connectivity index (χ1v) is 8.42. The van der Waals surface area contributed by atoms with Gasteiger partial charge in [-0.15, -0.1) is 5.10 Å². The molecule has 1 amide bonds.